The van der Waals surface area contributed by atoms with Gasteiger partial charge in [-0.15, -0.1) is 0 Å². The first-order valence-electron chi connectivity index (χ1n) is 12.4. The molecule has 1 fully saturated rings. The highest BCUT2D eigenvalue weighted by atomic mass is 16.5. The second-order valence-electron chi connectivity index (χ2n) is 9.43. The predicted octanol–water partition coefficient (Wildman–Crippen LogP) is 4.92. The minimum absolute atomic E-state index is 0.118. The highest BCUT2D eigenvalue weighted by Crippen LogP contribution is 2.58. The van der Waals surface area contributed by atoms with Crippen molar-refractivity contribution >= 4 is 17.5 Å². The molecular weight excluding hydrogens is 464 g/mol. The van der Waals surface area contributed by atoms with E-state index in [1.165, 1.54) is 5.01 Å². The number of hydrogen-bond donors (Lipinski definition) is 2. The molecule has 3 atom stereocenters. The Morgan fingerprint density at radius 2 is 1.76 bits per heavy atom. The van der Waals surface area contributed by atoms with E-state index in [0.29, 0.717) is 17.9 Å². The van der Waals surface area contributed by atoms with Crippen molar-refractivity contribution in [2.75, 3.05) is 18.6 Å². The molecule has 37 heavy (non-hydrogen) atoms. The first-order chi connectivity index (χ1) is 18.0. The van der Waals surface area contributed by atoms with Gasteiger partial charge in [0, 0.05) is 11.5 Å². The summed E-state index contributed by atoms with van der Waals surface area (Å²) in [5.41, 5.74) is 6.02. The van der Waals surface area contributed by atoms with Gasteiger partial charge in [-0.3, -0.25) is 15.0 Å². The summed E-state index contributed by atoms with van der Waals surface area (Å²) in [6, 6.07) is 24.6. The van der Waals surface area contributed by atoms with Crippen LogP contribution in [0.3, 0.4) is 0 Å². The van der Waals surface area contributed by atoms with E-state index >= 15 is 0 Å². The van der Waals surface area contributed by atoms with Crippen LogP contribution in [0.25, 0.3) is 0 Å². The number of hydrazine groups is 1. The zero-order valence-corrected chi connectivity index (χ0v) is 20.8. The Kier molecular flexibility index (Phi) is 6.68. The van der Waals surface area contributed by atoms with Crippen molar-refractivity contribution in [1.82, 2.24) is 5.01 Å². The number of aliphatic hydroxyl groups is 1. The maximum atomic E-state index is 14.6. The van der Waals surface area contributed by atoms with Crippen molar-refractivity contribution < 1.29 is 19.4 Å². The first-order valence-corrected chi connectivity index (χ1v) is 12.4. The molecule has 1 saturated heterocycles. The minimum Gasteiger partial charge on any atom is -0.491 e. The van der Waals surface area contributed by atoms with E-state index in [0.717, 1.165) is 22.3 Å². The van der Waals surface area contributed by atoms with Crippen molar-refractivity contribution in [2.24, 2.45) is 5.92 Å². The summed E-state index contributed by atoms with van der Waals surface area (Å²) in [5.74, 6) is -1.17. The Bertz CT molecular complexity index is 1350. The summed E-state index contributed by atoms with van der Waals surface area (Å²) >= 11 is 0. The lowest BCUT2D eigenvalue weighted by atomic mass is 9.56. The third-order valence-electron chi connectivity index (χ3n) is 7.36. The van der Waals surface area contributed by atoms with Gasteiger partial charge >= 0.3 is 0 Å². The van der Waals surface area contributed by atoms with E-state index in [9.17, 15) is 14.7 Å². The van der Waals surface area contributed by atoms with Crippen molar-refractivity contribution in [3.8, 4) is 5.75 Å². The Morgan fingerprint density at radius 3 is 2.46 bits per heavy atom. The Labute approximate surface area is 216 Å². The summed E-state index contributed by atoms with van der Waals surface area (Å²) in [6.45, 7) is 6.02. The third-order valence-corrected chi connectivity index (χ3v) is 7.36. The molecule has 0 spiro atoms. The van der Waals surface area contributed by atoms with Crippen LogP contribution in [0.5, 0.6) is 5.75 Å². The van der Waals surface area contributed by atoms with E-state index in [4.69, 9.17) is 4.74 Å². The van der Waals surface area contributed by atoms with Crippen molar-refractivity contribution in [1.29, 1.82) is 0 Å². The van der Waals surface area contributed by atoms with Gasteiger partial charge in [0.25, 0.3) is 11.8 Å². The van der Waals surface area contributed by atoms with Gasteiger partial charge in [0.1, 0.15) is 12.4 Å². The van der Waals surface area contributed by atoms with Gasteiger partial charge in [0.05, 0.1) is 23.6 Å². The monoisotopic (exact) mass is 494 g/mol. The predicted molar refractivity (Wildman–Crippen MR) is 143 cm³/mol. The van der Waals surface area contributed by atoms with E-state index in [1.807, 2.05) is 91.9 Å². The van der Waals surface area contributed by atoms with Crippen LogP contribution in [0, 0.1) is 12.8 Å². The second-order valence-corrected chi connectivity index (χ2v) is 9.43. The Hall–Kier alpha value is -4.16. The molecule has 2 amide bonds. The zero-order valence-electron chi connectivity index (χ0n) is 20.8. The van der Waals surface area contributed by atoms with Gasteiger partial charge in [0.15, 0.2) is 0 Å². The van der Waals surface area contributed by atoms with Gasteiger partial charge in [0.2, 0.25) is 0 Å². The molecule has 6 heteroatoms. The Balaban J connectivity index is 1.72. The number of carbonyl (C=O) groups is 2. The van der Waals surface area contributed by atoms with Crippen molar-refractivity contribution in [2.45, 2.75) is 24.7 Å². The van der Waals surface area contributed by atoms with Crippen LogP contribution in [0.2, 0.25) is 0 Å². The largest absolute Gasteiger partial charge is 0.491 e. The number of para-hydroxylation sites is 1. The summed E-state index contributed by atoms with van der Waals surface area (Å²) in [4.78, 5) is 28.6. The van der Waals surface area contributed by atoms with Crippen LogP contribution < -0.4 is 10.2 Å². The number of ether oxygens (including phenoxy) is 1. The van der Waals surface area contributed by atoms with E-state index in [-0.39, 0.29) is 25.0 Å². The highest BCUT2D eigenvalue weighted by molar-refractivity contribution is 6.12. The molecule has 0 radical (unpaired) electrons. The van der Waals surface area contributed by atoms with Crippen LogP contribution in [-0.4, -0.2) is 35.1 Å². The molecule has 0 aromatic heterocycles. The average molecular weight is 495 g/mol. The molecule has 6 nitrogen and oxygen atoms in total. The van der Waals surface area contributed by atoms with E-state index in [1.54, 1.807) is 6.08 Å². The highest BCUT2D eigenvalue weighted by Gasteiger charge is 2.66. The molecule has 2 N–H and O–H groups in total. The molecule has 2 aliphatic rings. The number of aliphatic hydroxyl groups excluding tert-OH is 1. The van der Waals surface area contributed by atoms with Crippen molar-refractivity contribution in [3.63, 3.8) is 0 Å². The number of benzene rings is 3. The van der Waals surface area contributed by atoms with Gasteiger partial charge in [-0.2, -0.15) is 5.01 Å². The number of aryl methyl sites for hydroxylation is 1. The number of fused-ring (bicyclic) bond motifs is 1. The van der Waals surface area contributed by atoms with Gasteiger partial charge < -0.3 is 9.84 Å². The maximum absolute atomic E-state index is 14.6. The standard InChI is InChI=1S/C31H30N2O4/c1-3-22-15-18-26-29(35)33(32-24-16-13-21(2)14-17-24)30(36)31(26,23-9-5-4-6-10-23)28(22)25-11-7-8-12-27(25)37-20-19-34/h3-17,26,28,32,34H,1,18-20H2,2H3/t26-,28+,31+/m0/s1. The van der Waals surface area contributed by atoms with Crippen LogP contribution in [0.15, 0.2) is 103 Å². The molecule has 188 valence electrons. The molecule has 3 aromatic carbocycles. The minimum atomic E-state index is -1.22. The van der Waals surface area contributed by atoms with Gasteiger partial charge in [-0.1, -0.05) is 85.0 Å². The quantitative estimate of drug-likeness (QED) is 0.435. The summed E-state index contributed by atoms with van der Waals surface area (Å²) < 4.78 is 5.92. The summed E-state index contributed by atoms with van der Waals surface area (Å²) in [5, 5.41) is 10.6. The fourth-order valence-electron chi connectivity index (χ4n) is 5.73. The van der Waals surface area contributed by atoms with Crippen molar-refractivity contribution in [3.05, 3.63) is 120 Å². The van der Waals surface area contributed by atoms with Crippen LogP contribution in [0.1, 0.15) is 29.0 Å². The molecule has 5 rings (SSSR count). The number of nitrogens with zero attached hydrogens (tertiary/aromatic N) is 1. The lowest BCUT2D eigenvalue weighted by Crippen LogP contribution is -2.48. The van der Waals surface area contributed by atoms with Gasteiger partial charge in [-0.05, 0) is 42.7 Å². The molecule has 0 bridgehead atoms. The number of carbonyl (C=O) groups excluding carboxylic acids is 2. The fraction of sp³-hybridized carbons (Fsp3) is 0.226. The molecule has 1 aliphatic heterocycles. The normalized spacial score (nSPS) is 22.9. The molecular formula is C31H30N2O4. The SMILES string of the molecule is C=CC1=CC[C@H]2C(=O)N(Nc3ccc(C)cc3)C(=O)[C@@]2(c2ccccc2)[C@H]1c1ccccc1OCCO. The molecule has 1 aliphatic carbocycles. The summed E-state index contributed by atoms with van der Waals surface area (Å²) in [7, 11) is 0. The Morgan fingerprint density at radius 1 is 1.05 bits per heavy atom. The smallest absolute Gasteiger partial charge is 0.260 e. The van der Waals surface area contributed by atoms with Crippen LogP contribution in [0.4, 0.5) is 5.69 Å². The fourth-order valence-corrected chi connectivity index (χ4v) is 5.73. The zero-order chi connectivity index (χ0) is 26.0. The average Bonchev–Trinajstić information content (AvgIpc) is 3.15. The number of hydrogen-bond acceptors (Lipinski definition) is 5. The molecule has 3 aromatic rings. The first kappa shape index (κ1) is 24.5. The maximum Gasteiger partial charge on any atom is 0.260 e. The van der Waals surface area contributed by atoms with E-state index in [2.05, 4.69) is 12.0 Å². The van der Waals surface area contributed by atoms with Gasteiger partial charge in [-0.25, -0.2) is 0 Å². The number of imide groups is 1. The molecule has 0 saturated carbocycles. The number of rotatable bonds is 8. The second kappa shape index (κ2) is 10.1. The number of anilines is 1. The third kappa shape index (κ3) is 4.03. The lowest BCUT2D eigenvalue weighted by Gasteiger charge is -2.43. The summed E-state index contributed by atoms with van der Waals surface area (Å²) in [6.07, 6.45) is 4.18. The topological polar surface area (TPSA) is 78.9 Å². The molecule has 0 unspecified atom stereocenters. The molecule has 1 heterocycles. The lowest BCUT2D eigenvalue weighted by molar-refractivity contribution is -0.138. The number of amides is 2. The van der Waals surface area contributed by atoms with Crippen LogP contribution >= 0.6 is 0 Å². The van der Waals surface area contributed by atoms with E-state index < -0.39 is 17.3 Å². The number of nitrogens with one attached hydrogen (secondary N) is 1. The number of allylic oxidation sites excluding steroid dienone is 3. The van der Waals surface area contributed by atoms with Crippen LogP contribution in [-0.2, 0) is 15.0 Å².